The summed E-state index contributed by atoms with van der Waals surface area (Å²) < 4.78 is 2.95. The lowest BCUT2D eigenvalue weighted by Gasteiger charge is -2.14. The number of hydrogen-bond donors (Lipinski definition) is 1. The van der Waals surface area contributed by atoms with E-state index in [1.165, 1.54) is 0 Å². The second kappa shape index (κ2) is 4.12. The average molecular weight is 268 g/mol. The number of nitrogens with zero attached hydrogens (tertiary/aromatic N) is 2. The maximum Gasteiger partial charge on any atom is 0.178 e. The van der Waals surface area contributed by atoms with Gasteiger partial charge in [-0.15, -0.1) is 0 Å². The average Bonchev–Trinajstić information content (AvgIpc) is 2.82. The molecule has 5 heteroatoms. The fraction of sp³-hybridized carbons (Fsp3) is 0.417. The van der Waals surface area contributed by atoms with E-state index >= 15 is 0 Å². The number of hydrogen-bond acceptors (Lipinski definition) is 2. The van der Waals surface area contributed by atoms with Crippen molar-refractivity contribution in [2.75, 3.05) is 20.1 Å². The first-order valence-electron chi connectivity index (χ1n) is 5.74. The van der Waals surface area contributed by atoms with Crippen molar-refractivity contribution in [1.29, 1.82) is 0 Å². The van der Waals surface area contributed by atoms with Gasteiger partial charge in [0, 0.05) is 6.54 Å². The van der Waals surface area contributed by atoms with E-state index in [4.69, 9.17) is 23.8 Å². The summed E-state index contributed by atoms with van der Waals surface area (Å²) in [6.45, 7) is 2.15. The van der Waals surface area contributed by atoms with Gasteiger partial charge in [-0.05, 0) is 44.4 Å². The van der Waals surface area contributed by atoms with Crippen LogP contribution in [0, 0.1) is 4.77 Å². The van der Waals surface area contributed by atoms with Gasteiger partial charge in [-0.2, -0.15) is 0 Å². The fourth-order valence-electron chi connectivity index (χ4n) is 2.61. The molecule has 2 heterocycles. The van der Waals surface area contributed by atoms with Crippen LogP contribution in [0.5, 0.6) is 0 Å². The van der Waals surface area contributed by atoms with Crippen LogP contribution in [0.3, 0.4) is 0 Å². The van der Waals surface area contributed by atoms with Crippen molar-refractivity contribution in [3.05, 3.63) is 28.0 Å². The minimum absolute atomic E-state index is 0.432. The van der Waals surface area contributed by atoms with Gasteiger partial charge in [-0.25, -0.2) is 0 Å². The number of aromatic nitrogens is 2. The lowest BCUT2D eigenvalue weighted by atomic mass is 10.2. The Balaban J connectivity index is 2.21. The summed E-state index contributed by atoms with van der Waals surface area (Å²) in [4.78, 5) is 5.56. The molecule has 17 heavy (non-hydrogen) atoms. The van der Waals surface area contributed by atoms with Gasteiger partial charge < -0.3 is 14.5 Å². The third kappa shape index (κ3) is 1.80. The van der Waals surface area contributed by atoms with Crippen LogP contribution in [0.15, 0.2) is 18.2 Å². The van der Waals surface area contributed by atoms with Crippen LogP contribution in [-0.2, 0) is 0 Å². The van der Waals surface area contributed by atoms with Gasteiger partial charge in [-0.1, -0.05) is 17.7 Å². The Hall–Kier alpha value is -0.840. The minimum atomic E-state index is 0.432. The molecule has 3 nitrogen and oxygen atoms in total. The first-order chi connectivity index (χ1) is 8.16. The zero-order chi connectivity index (χ0) is 12.0. The third-order valence-electron chi connectivity index (χ3n) is 3.42. The van der Waals surface area contributed by atoms with Crippen LogP contribution in [0.2, 0.25) is 5.02 Å². The van der Waals surface area contributed by atoms with Gasteiger partial charge in [-0.3, -0.25) is 0 Å². The maximum absolute atomic E-state index is 6.29. The first-order valence-corrected chi connectivity index (χ1v) is 6.52. The number of halogens is 1. The Bertz CT molecular complexity index is 616. The Morgan fingerprint density at radius 1 is 1.47 bits per heavy atom. The Morgan fingerprint density at radius 2 is 2.29 bits per heavy atom. The molecule has 1 aromatic carbocycles. The van der Waals surface area contributed by atoms with E-state index in [2.05, 4.69) is 21.5 Å². The summed E-state index contributed by atoms with van der Waals surface area (Å²) in [5.74, 6) is 0. The standard InChI is InChI=1S/C12H14ClN3S/c1-15-6-5-8(7-15)16-11-9(13)3-2-4-10(11)14-12(16)17/h2-4,8H,5-7H2,1H3,(H,14,17). The molecule has 1 fully saturated rings. The topological polar surface area (TPSA) is 24.0 Å². The molecule has 2 aromatic rings. The molecular weight excluding hydrogens is 254 g/mol. The van der Waals surface area contributed by atoms with Crippen molar-refractivity contribution in [2.24, 2.45) is 0 Å². The molecule has 1 saturated heterocycles. The van der Waals surface area contributed by atoms with Crippen LogP contribution in [0.4, 0.5) is 0 Å². The molecule has 1 unspecified atom stereocenters. The van der Waals surface area contributed by atoms with Crippen molar-refractivity contribution in [1.82, 2.24) is 14.5 Å². The molecule has 1 aliphatic heterocycles. The smallest absolute Gasteiger partial charge is 0.178 e. The lowest BCUT2D eigenvalue weighted by Crippen LogP contribution is -2.16. The molecule has 0 bridgehead atoms. The van der Waals surface area contributed by atoms with Crippen molar-refractivity contribution < 1.29 is 0 Å². The van der Waals surface area contributed by atoms with E-state index in [0.717, 1.165) is 40.3 Å². The predicted octanol–water partition coefficient (Wildman–Crippen LogP) is 3.23. The van der Waals surface area contributed by atoms with Gasteiger partial charge in [0.05, 0.1) is 22.1 Å². The van der Waals surface area contributed by atoms with Crippen molar-refractivity contribution in [3.63, 3.8) is 0 Å². The van der Waals surface area contributed by atoms with Gasteiger partial charge in [0.25, 0.3) is 0 Å². The number of nitrogens with one attached hydrogen (secondary N) is 1. The van der Waals surface area contributed by atoms with Crippen molar-refractivity contribution >= 4 is 34.9 Å². The SMILES string of the molecule is CN1CCC(n2c(=S)[nH]c3cccc(Cl)c32)C1. The van der Waals surface area contributed by atoms with Crippen molar-refractivity contribution in [3.8, 4) is 0 Å². The molecule has 0 saturated carbocycles. The minimum Gasteiger partial charge on any atom is -0.331 e. The first kappa shape index (κ1) is 11.3. The summed E-state index contributed by atoms with van der Waals surface area (Å²) >= 11 is 11.7. The largest absolute Gasteiger partial charge is 0.331 e. The van der Waals surface area contributed by atoms with E-state index in [1.54, 1.807) is 0 Å². The molecule has 0 spiro atoms. The summed E-state index contributed by atoms with van der Waals surface area (Å²) in [6, 6.07) is 6.32. The molecule has 0 aliphatic carbocycles. The number of likely N-dealkylation sites (tertiary alicyclic amines) is 1. The molecule has 90 valence electrons. The zero-order valence-electron chi connectivity index (χ0n) is 9.61. The lowest BCUT2D eigenvalue weighted by molar-refractivity contribution is 0.394. The molecule has 0 amide bonds. The molecular formula is C12H14ClN3S. The molecule has 1 aromatic heterocycles. The normalized spacial score (nSPS) is 21.4. The number of imidazole rings is 1. The third-order valence-corrected chi connectivity index (χ3v) is 4.02. The molecule has 0 radical (unpaired) electrons. The Labute approximate surface area is 110 Å². The van der Waals surface area contributed by atoms with Crippen LogP contribution >= 0.6 is 23.8 Å². The number of aromatic amines is 1. The summed E-state index contributed by atoms with van der Waals surface area (Å²) in [6.07, 6.45) is 1.13. The van der Waals surface area contributed by atoms with E-state index in [-0.39, 0.29) is 0 Å². The number of rotatable bonds is 1. The van der Waals surface area contributed by atoms with Gasteiger partial charge in [0.15, 0.2) is 4.77 Å². The Morgan fingerprint density at radius 3 is 3.00 bits per heavy atom. The van der Waals surface area contributed by atoms with E-state index in [0.29, 0.717) is 6.04 Å². The quantitative estimate of drug-likeness (QED) is 0.802. The van der Waals surface area contributed by atoms with Crippen molar-refractivity contribution in [2.45, 2.75) is 12.5 Å². The summed E-state index contributed by atoms with van der Waals surface area (Å²) in [7, 11) is 2.14. The maximum atomic E-state index is 6.29. The molecule has 1 N–H and O–H groups in total. The second-order valence-electron chi connectivity index (χ2n) is 4.64. The number of fused-ring (bicyclic) bond motifs is 1. The highest BCUT2D eigenvalue weighted by molar-refractivity contribution is 7.71. The zero-order valence-corrected chi connectivity index (χ0v) is 11.2. The highest BCUT2D eigenvalue weighted by atomic mass is 35.5. The number of H-pyrrole nitrogens is 1. The molecule has 3 rings (SSSR count). The van der Waals surface area contributed by atoms with E-state index in [9.17, 15) is 0 Å². The number of benzene rings is 1. The van der Waals surface area contributed by atoms with Crippen LogP contribution in [0.1, 0.15) is 12.5 Å². The summed E-state index contributed by atoms with van der Waals surface area (Å²) in [5, 5.41) is 0.768. The van der Waals surface area contributed by atoms with Gasteiger partial charge >= 0.3 is 0 Å². The molecule has 1 aliphatic rings. The number of para-hydroxylation sites is 1. The monoisotopic (exact) mass is 267 g/mol. The highest BCUT2D eigenvalue weighted by Gasteiger charge is 2.24. The van der Waals surface area contributed by atoms with Crippen LogP contribution in [0.25, 0.3) is 11.0 Å². The highest BCUT2D eigenvalue weighted by Crippen LogP contribution is 2.30. The fourth-order valence-corrected chi connectivity index (χ4v) is 3.22. The van der Waals surface area contributed by atoms with Gasteiger partial charge in [0.2, 0.25) is 0 Å². The van der Waals surface area contributed by atoms with E-state index < -0.39 is 0 Å². The summed E-state index contributed by atoms with van der Waals surface area (Å²) in [5.41, 5.74) is 2.07. The number of likely N-dealkylation sites (N-methyl/N-ethyl adjacent to an activating group) is 1. The van der Waals surface area contributed by atoms with Crippen LogP contribution < -0.4 is 0 Å². The Kier molecular flexibility index (Phi) is 2.73. The second-order valence-corrected chi connectivity index (χ2v) is 5.43. The van der Waals surface area contributed by atoms with Crippen LogP contribution in [-0.4, -0.2) is 34.6 Å². The van der Waals surface area contributed by atoms with Gasteiger partial charge in [0.1, 0.15) is 0 Å². The van der Waals surface area contributed by atoms with E-state index in [1.807, 2.05) is 18.2 Å². The molecule has 1 atom stereocenters. The predicted molar refractivity (Wildman–Crippen MR) is 73.3 cm³/mol.